The zero-order chi connectivity index (χ0) is 23.4. The molecule has 5 N–H and O–H groups in total. The summed E-state index contributed by atoms with van der Waals surface area (Å²) in [4.78, 5) is 17.5. The smallest absolute Gasteiger partial charge is 0.332 e. The Bertz CT molecular complexity index is 1110. The van der Waals surface area contributed by atoms with Crippen molar-refractivity contribution in [3.63, 3.8) is 0 Å². The van der Waals surface area contributed by atoms with E-state index in [0.29, 0.717) is 13.1 Å². The van der Waals surface area contributed by atoms with Gasteiger partial charge in [-0.2, -0.15) is 0 Å². The Morgan fingerprint density at radius 1 is 1.06 bits per heavy atom. The number of fused-ring (bicyclic) bond motifs is 1. The second-order valence-electron chi connectivity index (χ2n) is 8.96. The van der Waals surface area contributed by atoms with Gasteiger partial charge < -0.3 is 16.0 Å². The molecule has 0 bridgehead atoms. The molecule has 2 amide bonds. The van der Waals surface area contributed by atoms with Crippen LogP contribution in [0.25, 0.3) is 10.8 Å². The summed E-state index contributed by atoms with van der Waals surface area (Å²) in [6.45, 7) is 1.50. The van der Waals surface area contributed by atoms with Gasteiger partial charge in [0, 0.05) is 25.7 Å². The zero-order valence-corrected chi connectivity index (χ0v) is 19.5. The van der Waals surface area contributed by atoms with Gasteiger partial charge in [-0.25, -0.2) is 18.2 Å². The van der Waals surface area contributed by atoms with Crippen molar-refractivity contribution in [2.75, 3.05) is 19.6 Å². The van der Waals surface area contributed by atoms with Crippen LogP contribution in [-0.4, -0.2) is 56.0 Å². The first kappa shape index (κ1) is 23.3. The molecule has 0 spiro atoms. The zero-order valence-electron chi connectivity index (χ0n) is 18.7. The second kappa shape index (κ2) is 9.96. The van der Waals surface area contributed by atoms with Gasteiger partial charge in [-0.3, -0.25) is 5.41 Å². The molecule has 1 saturated heterocycles. The van der Waals surface area contributed by atoms with Crippen molar-refractivity contribution >= 4 is 32.8 Å². The molecular weight excluding hydrogens is 440 g/mol. The van der Waals surface area contributed by atoms with E-state index in [1.54, 1.807) is 23.1 Å². The predicted molar refractivity (Wildman–Crippen MR) is 128 cm³/mol. The van der Waals surface area contributed by atoms with E-state index in [1.165, 1.54) is 5.01 Å². The summed E-state index contributed by atoms with van der Waals surface area (Å²) < 4.78 is 26.5. The van der Waals surface area contributed by atoms with Crippen LogP contribution in [0.1, 0.15) is 38.5 Å². The lowest BCUT2D eigenvalue weighted by atomic mass is 9.97. The Kier molecular flexibility index (Phi) is 7.04. The molecular formula is C23H32N6O3S. The molecule has 0 radical (unpaired) electrons. The number of guanidine groups is 1. The Hall–Kier alpha value is -2.85. The van der Waals surface area contributed by atoms with Crippen LogP contribution in [0.4, 0.5) is 4.79 Å². The molecule has 2 aromatic rings. The normalized spacial score (nSPS) is 17.9. The van der Waals surface area contributed by atoms with Crippen LogP contribution in [0, 0.1) is 11.3 Å². The van der Waals surface area contributed by atoms with E-state index in [9.17, 15) is 13.2 Å². The summed E-state index contributed by atoms with van der Waals surface area (Å²) in [5, 5.41) is 13.6. The molecule has 0 aromatic heterocycles. The van der Waals surface area contributed by atoms with Gasteiger partial charge in [-0.05, 0) is 54.5 Å². The Morgan fingerprint density at radius 2 is 1.73 bits per heavy atom. The van der Waals surface area contributed by atoms with E-state index in [1.807, 2.05) is 24.3 Å². The molecule has 2 fully saturated rings. The summed E-state index contributed by atoms with van der Waals surface area (Å²) in [6.07, 6.45) is 5.41. The van der Waals surface area contributed by atoms with Crippen LogP contribution in [0.3, 0.4) is 0 Å². The number of carbonyl (C=O) groups is 1. The van der Waals surface area contributed by atoms with Gasteiger partial charge in [0.1, 0.15) is 0 Å². The lowest BCUT2D eigenvalue weighted by Crippen LogP contribution is -2.55. The molecule has 0 atom stereocenters. The molecule has 10 heteroatoms. The molecule has 178 valence electrons. The lowest BCUT2D eigenvalue weighted by molar-refractivity contribution is 0.155. The highest BCUT2D eigenvalue weighted by atomic mass is 32.2. The number of benzene rings is 2. The molecule has 1 heterocycles. The average Bonchev–Trinajstić information content (AvgIpc) is 3.31. The van der Waals surface area contributed by atoms with Crippen molar-refractivity contribution in [1.82, 2.24) is 20.1 Å². The summed E-state index contributed by atoms with van der Waals surface area (Å²) in [5.74, 6) is 0.149. The minimum atomic E-state index is -3.95. The van der Waals surface area contributed by atoms with Crippen molar-refractivity contribution < 1.29 is 13.2 Å². The fourth-order valence-corrected chi connectivity index (χ4v) is 5.71. The van der Waals surface area contributed by atoms with Gasteiger partial charge >= 0.3 is 6.03 Å². The number of rotatable bonds is 6. The topological polar surface area (TPSA) is 132 Å². The molecule has 1 aliphatic carbocycles. The van der Waals surface area contributed by atoms with Crippen LogP contribution < -0.4 is 15.9 Å². The number of amides is 2. The van der Waals surface area contributed by atoms with E-state index in [0.717, 1.165) is 49.3 Å². The SMILES string of the molecule is N=C(N)N1CCC(CN(NS(=O)(=O)c2ccc3ccccc3c2)C(=O)NC2CCCC2)CC1. The highest BCUT2D eigenvalue weighted by Crippen LogP contribution is 2.22. The number of likely N-dealkylation sites (tertiary alicyclic amines) is 1. The first-order chi connectivity index (χ1) is 15.8. The van der Waals surface area contributed by atoms with Gasteiger partial charge in [0.25, 0.3) is 10.0 Å². The fourth-order valence-electron chi connectivity index (χ4n) is 4.63. The molecule has 9 nitrogen and oxygen atoms in total. The number of piperidine rings is 1. The monoisotopic (exact) mass is 472 g/mol. The number of nitrogens with zero attached hydrogens (tertiary/aromatic N) is 2. The molecule has 1 saturated carbocycles. The number of nitrogens with one attached hydrogen (secondary N) is 3. The number of hydrogen-bond donors (Lipinski definition) is 4. The number of nitrogens with two attached hydrogens (primary N) is 1. The minimum Gasteiger partial charge on any atom is -0.370 e. The van der Waals surface area contributed by atoms with E-state index >= 15 is 0 Å². The number of hydrazine groups is 1. The van der Waals surface area contributed by atoms with E-state index in [4.69, 9.17) is 11.1 Å². The van der Waals surface area contributed by atoms with Gasteiger partial charge in [-0.1, -0.05) is 43.2 Å². The van der Waals surface area contributed by atoms with E-state index in [-0.39, 0.29) is 29.4 Å². The van der Waals surface area contributed by atoms with Crippen LogP contribution in [0.2, 0.25) is 0 Å². The molecule has 4 rings (SSSR count). The highest BCUT2D eigenvalue weighted by molar-refractivity contribution is 7.89. The van der Waals surface area contributed by atoms with Crippen molar-refractivity contribution in [3.05, 3.63) is 42.5 Å². The Labute approximate surface area is 194 Å². The predicted octanol–water partition coefficient (Wildman–Crippen LogP) is 2.59. The third kappa shape index (κ3) is 5.75. The second-order valence-corrected chi connectivity index (χ2v) is 10.6. The van der Waals surface area contributed by atoms with Gasteiger partial charge in [0.2, 0.25) is 0 Å². The van der Waals surface area contributed by atoms with Crippen LogP contribution in [-0.2, 0) is 10.0 Å². The molecule has 33 heavy (non-hydrogen) atoms. The average molecular weight is 473 g/mol. The van der Waals surface area contributed by atoms with Crippen LogP contribution >= 0.6 is 0 Å². The number of carbonyl (C=O) groups excluding carboxylic acids is 1. The molecule has 0 unspecified atom stereocenters. The largest absolute Gasteiger partial charge is 0.370 e. The maximum absolute atomic E-state index is 13.2. The van der Waals surface area contributed by atoms with Crippen molar-refractivity contribution in [2.24, 2.45) is 11.7 Å². The quantitative estimate of drug-likeness (QED) is 0.291. The number of sulfonamides is 1. The number of hydrogen-bond acceptors (Lipinski definition) is 4. The van der Waals surface area contributed by atoms with Crippen molar-refractivity contribution in [1.29, 1.82) is 5.41 Å². The summed E-state index contributed by atoms with van der Waals surface area (Å²) in [6, 6.07) is 12.2. The summed E-state index contributed by atoms with van der Waals surface area (Å²) in [5.41, 5.74) is 5.58. The van der Waals surface area contributed by atoms with E-state index < -0.39 is 16.1 Å². The maximum atomic E-state index is 13.2. The third-order valence-corrected chi connectivity index (χ3v) is 7.92. The van der Waals surface area contributed by atoms with Crippen molar-refractivity contribution in [3.8, 4) is 0 Å². The fraction of sp³-hybridized carbons (Fsp3) is 0.478. The highest BCUT2D eigenvalue weighted by Gasteiger charge is 2.29. The third-order valence-electron chi connectivity index (χ3n) is 6.59. The van der Waals surface area contributed by atoms with Gasteiger partial charge in [0.05, 0.1) is 4.90 Å². The van der Waals surface area contributed by atoms with Crippen LogP contribution in [0.5, 0.6) is 0 Å². The standard InChI is InChI=1S/C23H32N6O3S/c24-22(25)28-13-11-17(12-14-28)16-29(23(30)26-20-7-3-4-8-20)27-33(31,32)21-10-9-18-5-1-2-6-19(18)15-21/h1-2,5-6,9-10,15,17,20,27H,3-4,7-8,11-14,16H2,(H3,24,25)(H,26,30). The summed E-state index contributed by atoms with van der Waals surface area (Å²) in [7, 11) is -3.95. The number of urea groups is 1. The Balaban J connectivity index is 1.51. The lowest BCUT2D eigenvalue weighted by Gasteiger charge is -2.35. The summed E-state index contributed by atoms with van der Waals surface area (Å²) >= 11 is 0. The van der Waals surface area contributed by atoms with Gasteiger partial charge in [0.15, 0.2) is 5.96 Å². The minimum absolute atomic E-state index is 0.0429. The first-order valence-electron chi connectivity index (χ1n) is 11.5. The van der Waals surface area contributed by atoms with Crippen LogP contribution in [0.15, 0.2) is 47.4 Å². The molecule has 2 aromatic carbocycles. The van der Waals surface area contributed by atoms with E-state index in [2.05, 4.69) is 10.1 Å². The van der Waals surface area contributed by atoms with Crippen molar-refractivity contribution in [2.45, 2.75) is 49.5 Å². The molecule has 1 aliphatic heterocycles. The Morgan fingerprint density at radius 3 is 2.39 bits per heavy atom. The molecule has 2 aliphatic rings. The maximum Gasteiger partial charge on any atom is 0.332 e. The van der Waals surface area contributed by atoms with Gasteiger partial charge in [-0.15, -0.1) is 4.83 Å². The first-order valence-corrected chi connectivity index (χ1v) is 13.0.